The maximum atomic E-state index is 9.07. The fraction of sp³-hybridized carbons (Fsp3) is 0.583. The van der Waals surface area contributed by atoms with E-state index in [1.807, 2.05) is 36.5 Å². The number of aliphatic hydroxyl groups excluding tert-OH is 2. The van der Waals surface area contributed by atoms with Crippen molar-refractivity contribution in [2.24, 2.45) is 0 Å². The fourth-order valence-electron chi connectivity index (χ4n) is 2.45. The van der Waals surface area contributed by atoms with Crippen LogP contribution in [0, 0.1) is 0 Å². The Labute approximate surface area is 166 Å². The topological polar surface area (TPSA) is 49.7 Å². The standard InChI is InChI=1S/C24H40O3/c1-2-3-4-5-6-7-8-9-10-11-12-13-14-15-16-17-18-19-20-21-27-23-24(26)22-25/h12-21,24-26H,2-11,22-23H2,1H3/b13-12+,15-14+,17-16+,19-18+,21-20+/t24-/m0/s1. The number of allylic oxidation sites excluding steroid dienone is 9. The van der Waals surface area contributed by atoms with Crippen molar-refractivity contribution in [1.82, 2.24) is 0 Å². The fourth-order valence-corrected chi connectivity index (χ4v) is 2.45. The lowest BCUT2D eigenvalue weighted by molar-refractivity contribution is 0.0384. The van der Waals surface area contributed by atoms with Gasteiger partial charge in [0.1, 0.15) is 12.7 Å². The maximum Gasteiger partial charge on any atom is 0.115 e. The molecule has 0 amide bonds. The van der Waals surface area contributed by atoms with Gasteiger partial charge in [0.25, 0.3) is 0 Å². The Hall–Kier alpha value is -1.58. The van der Waals surface area contributed by atoms with Crippen molar-refractivity contribution in [3.8, 4) is 0 Å². The molecular weight excluding hydrogens is 336 g/mol. The van der Waals surface area contributed by atoms with E-state index in [2.05, 4.69) is 19.1 Å². The summed E-state index contributed by atoms with van der Waals surface area (Å²) >= 11 is 0. The van der Waals surface area contributed by atoms with Crippen molar-refractivity contribution in [3.05, 3.63) is 60.9 Å². The highest BCUT2D eigenvalue weighted by Gasteiger charge is 1.98. The van der Waals surface area contributed by atoms with Gasteiger partial charge in [-0.3, -0.25) is 0 Å². The monoisotopic (exact) mass is 376 g/mol. The molecule has 0 aliphatic rings. The number of hydrogen-bond donors (Lipinski definition) is 2. The van der Waals surface area contributed by atoms with Crippen LogP contribution in [0.5, 0.6) is 0 Å². The smallest absolute Gasteiger partial charge is 0.115 e. The van der Waals surface area contributed by atoms with Gasteiger partial charge in [-0.25, -0.2) is 0 Å². The summed E-state index contributed by atoms with van der Waals surface area (Å²) in [5, 5.41) is 17.7. The van der Waals surface area contributed by atoms with Gasteiger partial charge in [0.15, 0.2) is 0 Å². The zero-order chi connectivity index (χ0) is 19.8. The molecule has 0 aromatic heterocycles. The van der Waals surface area contributed by atoms with E-state index < -0.39 is 6.10 Å². The summed E-state index contributed by atoms with van der Waals surface area (Å²) in [6, 6.07) is 0. The molecule has 3 heteroatoms. The van der Waals surface area contributed by atoms with Crippen LogP contribution in [0.3, 0.4) is 0 Å². The van der Waals surface area contributed by atoms with Crippen molar-refractivity contribution in [3.63, 3.8) is 0 Å². The lowest BCUT2D eigenvalue weighted by Crippen LogP contribution is -2.17. The molecule has 0 rings (SSSR count). The molecule has 27 heavy (non-hydrogen) atoms. The summed E-state index contributed by atoms with van der Waals surface area (Å²) in [6.45, 7) is 2.08. The molecule has 3 nitrogen and oxygen atoms in total. The van der Waals surface area contributed by atoms with Gasteiger partial charge in [0.2, 0.25) is 0 Å². The summed E-state index contributed by atoms with van der Waals surface area (Å²) < 4.78 is 5.03. The number of ether oxygens (including phenoxy) is 1. The molecule has 0 bridgehead atoms. The van der Waals surface area contributed by atoms with E-state index in [9.17, 15) is 0 Å². The van der Waals surface area contributed by atoms with Gasteiger partial charge in [-0.2, -0.15) is 0 Å². The number of hydrogen-bond acceptors (Lipinski definition) is 3. The molecule has 0 spiro atoms. The van der Waals surface area contributed by atoms with Crippen molar-refractivity contribution < 1.29 is 14.9 Å². The van der Waals surface area contributed by atoms with Crippen molar-refractivity contribution in [1.29, 1.82) is 0 Å². The van der Waals surface area contributed by atoms with Crippen molar-refractivity contribution in [2.75, 3.05) is 13.2 Å². The van der Waals surface area contributed by atoms with E-state index >= 15 is 0 Å². The van der Waals surface area contributed by atoms with Gasteiger partial charge < -0.3 is 14.9 Å². The molecule has 0 aliphatic carbocycles. The molecule has 0 aromatic rings. The van der Waals surface area contributed by atoms with Crippen LogP contribution in [0.2, 0.25) is 0 Å². The SMILES string of the molecule is CCCCCCCCCCC/C=C/C=C/C=C/C=C/C=C/OC[C@@H](O)CO. The Morgan fingerprint density at radius 1 is 0.704 bits per heavy atom. The van der Waals surface area contributed by atoms with Crippen LogP contribution in [0.4, 0.5) is 0 Å². The van der Waals surface area contributed by atoms with Crippen molar-refractivity contribution in [2.45, 2.75) is 77.2 Å². The number of unbranched alkanes of at least 4 members (excludes halogenated alkanes) is 9. The second-order valence-electron chi connectivity index (χ2n) is 6.70. The first-order valence-electron chi connectivity index (χ1n) is 10.5. The van der Waals surface area contributed by atoms with Crippen LogP contribution in [-0.4, -0.2) is 29.5 Å². The zero-order valence-electron chi connectivity index (χ0n) is 17.1. The summed E-state index contributed by atoms with van der Waals surface area (Å²) in [4.78, 5) is 0. The van der Waals surface area contributed by atoms with Crippen LogP contribution in [0.1, 0.15) is 71.1 Å². The summed E-state index contributed by atoms with van der Waals surface area (Å²) in [5.74, 6) is 0. The third kappa shape index (κ3) is 22.4. The van der Waals surface area contributed by atoms with Gasteiger partial charge >= 0.3 is 0 Å². The maximum absolute atomic E-state index is 9.07. The van der Waals surface area contributed by atoms with E-state index in [0.717, 1.165) is 0 Å². The summed E-state index contributed by atoms with van der Waals surface area (Å²) in [5.41, 5.74) is 0. The normalized spacial score (nSPS) is 13.9. The Morgan fingerprint density at radius 2 is 1.22 bits per heavy atom. The van der Waals surface area contributed by atoms with Gasteiger partial charge in [0, 0.05) is 0 Å². The zero-order valence-corrected chi connectivity index (χ0v) is 17.1. The Bertz CT molecular complexity index is 433. The third-order valence-corrected chi connectivity index (χ3v) is 4.06. The van der Waals surface area contributed by atoms with E-state index in [-0.39, 0.29) is 13.2 Å². The second-order valence-corrected chi connectivity index (χ2v) is 6.70. The average Bonchev–Trinajstić information content (AvgIpc) is 2.68. The number of rotatable bonds is 18. The molecule has 1 atom stereocenters. The predicted octanol–water partition coefficient (Wildman–Crippen LogP) is 6.02. The van der Waals surface area contributed by atoms with Crippen LogP contribution < -0.4 is 0 Å². The van der Waals surface area contributed by atoms with Gasteiger partial charge in [-0.05, 0) is 18.9 Å². The van der Waals surface area contributed by atoms with Crippen LogP contribution in [0.15, 0.2) is 60.9 Å². The number of aliphatic hydroxyl groups is 2. The lowest BCUT2D eigenvalue weighted by atomic mass is 10.1. The highest BCUT2D eigenvalue weighted by molar-refractivity contribution is 5.17. The van der Waals surface area contributed by atoms with E-state index in [0.29, 0.717) is 0 Å². The highest BCUT2D eigenvalue weighted by atomic mass is 16.5. The molecule has 0 fully saturated rings. The Kier molecular flexibility index (Phi) is 21.1. The third-order valence-electron chi connectivity index (χ3n) is 4.06. The molecule has 0 radical (unpaired) electrons. The minimum atomic E-state index is -0.822. The molecule has 0 unspecified atom stereocenters. The van der Waals surface area contributed by atoms with Gasteiger partial charge in [-0.1, -0.05) is 107 Å². The van der Waals surface area contributed by atoms with Crippen LogP contribution in [0.25, 0.3) is 0 Å². The van der Waals surface area contributed by atoms with Gasteiger partial charge in [0.05, 0.1) is 12.9 Å². The molecule has 0 heterocycles. The molecular formula is C24H40O3. The first-order chi connectivity index (χ1) is 13.3. The Balaban J connectivity index is 3.47. The molecule has 2 N–H and O–H groups in total. The first-order valence-corrected chi connectivity index (χ1v) is 10.5. The van der Waals surface area contributed by atoms with E-state index in [1.54, 1.807) is 6.08 Å². The predicted molar refractivity (Wildman–Crippen MR) is 117 cm³/mol. The lowest BCUT2D eigenvalue weighted by Gasteiger charge is -2.04. The minimum absolute atomic E-state index is 0.102. The minimum Gasteiger partial charge on any atom is -0.498 e. The average molecular weight is 377 g/mol. The molecule has 0 aliphatic heterocycles. The van der Waals surface area contributed by atoms with E-state index in [1.165, 1.54) is 70.5 Å². The van der Waals surface area contributed by atoms with Crippen LogP contribution >= 0.6 is 0 Å². The first kappa shape index (κ1) is 25.4. The quantitative estimate of drug-likeness (QED) is 0.175. The molecule has 154 valence electrons. The second kappa shape index (κ2) is 22.5. The summed E-state index contributed by atoms with van der Waals surface area (Å²) in [7, 11) is 0. The largest absolute Gasteiger partial charge is 0.498 e. The molecule has 0 saturated heterocycles. The Morgan fingerprint density at radius 3 is 1.81 bits per heavy atom. The summed E-state index contributed by atoms with van der Waals surface area (Å²) in [6.07, 6.45) is 32.0. The van der Waals surface area contributed by atoms with Crippen molar-refractivity contribution >= 4 is 0 Å². The molecule has 0 aromatic carbocycles. The van der Waals surface area contributed by atoms with E-state index in [4.69, 9.17) is 14.9 Å². The van der Waals surface area contributed by atoms with Gasteiger partial charge in [-0.15, -0.1) is 0 Å². The highest BCUT2D eigenvalue weighted by Crippen LogP contribution is 2.10. The van der Waals surface area contributed by atoms with Crippen LogP contribution in [-0.2, 0) is 4.74 Å². The molecule has 0 saturated carbocycles.